The molecule has 2 rings (SSSR count). The number of aryl methyl sites for hydroxylation is 1. The Labute approximate surface area is 203 Å². The first kappa shape index (κ1) is 27.3. The Kier molecular flexibility index (Phi) is 8.83. The fourth-order valence-electron chi connectivity index (χ4n) is 4.51. The molecule has 7 heteroatoms. The quantitative estimate of drug-likeness (QED) is 0.525. The van der Waals surface area contributed by atoms with Crippen LogP contribution in [-0.4, -0.2) is 59.8 Å². The van der Waals surface area contributed by atoms with Crippen LogP contribution in [0.25, 0.3) is 10.9 Å². The number of hydrogen-bond acceptors (Lipinski definition) is 4. The molecule has 0 spiro atoms. The Balaban J connectivity index is 2.18. The van der Waals surface area contributed by atoms with E-state index in [1.54, 1.807) is 25.9 Å². The highest BCUT2D eigenvalue weighted by molar-refractivity contribution is 5.93. The van der Waals surface area contributed by atoms with Crippen LogP contribution >= 0.6 is 0 Å². The molecule has 1 heterocycles. The number of amides is 2. The van der Waals surface area contributed by atoms with Gasteiger partial charge in [-0.3, -0.25) is 14.4 Å². The molecule has 2 amide bonds. The topological polar surface area (TPSA) is 83.4 Å². The third-order valence-corrected chi connectivity index (χ3v) is 6.78. The fraction of sp³-hybridized carbons (Fsp3) is 0.519. The molecule has 2 aromatic rings. The number of nitrogens with zero attached hydrogens (tertiary/aromatic N) is 2. The lowest BCUT2D eigenvalue weighted by Gasteiger charge is -2.34. The Hall–Kier alpha value is -2.93. The summed E-state index contributed by atoms with van der Waals surface area (Å²) in [6, 6.07) is 7.35. The van der Waals surface area contributed by atoms with Crippen LogP contribution in [0.2, 0.25) is 0 Å². The van der Waals surface area contributed by atoms with Gasteiger partial charge in [0, 0.05) is 36.6 Å². The van der Waals surface area contributed by atoms with Crippen LogP contribution in [0.1, 0.15) is 47.1 Å². The maximum atomic E-state index is 13.2. The van der Waals surface area contributed by atoms with Gasteiger partial charge in [-0.15, -0.1) is 0 Å². The molecule has 2 unspecified atom stereocenters. The van der Waals surface area contributed by atoms with Crippen LogP contribution in [-0.2, 0) is 26.8 Å². The average molecular weight is 469 g/mol. The Morgan fingerprint density at radius 3 is 2.32 bits per heavy atom. The first-order valence-electron chi connectivity index (χ1n) is 11.8. The molecule has 0 saturated carbocycles. The molecule has 0 saturated heterocycles. The Morgan fingerprint density at radius 1 is 1.15 bits per heavy atom. The summed E-state index contributed by atoms with van der Waals surface area (Å²) in [6.45, 7) is 11.2. The summed E-state index contributed by atoms with van der Waals surface area (Å²) in [4.78, 5) is 39.4. The minimum Gasteiger partial charge on any atom is -0.350 e. The second-order valence-corrected chi connectivity index (χ2v) is 9.98. The van der Waals surface area contributed by atoms with E-state index in [-0.39, 0.29) is 36.1 Å². The first-order valence-corrected chi connectivity index (χ1v) is 11.8. The smallest absolute Gasteiger partial charge is 0.242 e. The van der Waals surface area contributed by atoms with Gasteiger partial charge in [-0.25, -0.2) is 0 Å². The summed E-state index contributed by atoms with van der Waals surface area (Å²) in [5.41, 5.74) is 2.25. The molecule has 2 atom stereocenters. The van der Waals surface area contributed by atoms with Crippen LogP contribution in [0.4, 0.5) is 0 Å². The van der Waals surface area contributed by atoms with E-state index in [0.29, 0.717) is 5.57 Å². The number of fused-ring (bicyclic) bond motifs is 1. The van der Waals surface area contributed by atoms with Crippen LogP contribution in [0.5, 0.6) is 0 Å². The lowest BCUT2D eigenvalue weighted by atomic mass is 9.77. The van der Waals surface area contributed by atoms with Gasteiger partial charge in [0.15, 0.2) is 5.78 Å². The van der Waals surface area contributed by atoms with E-state index >= 15 is 0 Å². The standard InChI is InChI=1S/C27H40N4O3/c1-17(2)23(14-18(3)19(4)32)31(9)24(33)15-29-26(34)25(28-7)27(5,6)21-16-30(8)22-13-11-10-12-20(21)22/h10-14,16-17,23,25,28H,15H2,1-9H3,(H,29,34)/b18-14+. The summed E-state index contributed by atoms with van der Waals surface area (Å²) in [5, 5.41) is 7.08. The van der Waals surface area contributed by atoms with Gasteiger partial charge in [-0.05, 0) is 44.0 Å². The lowest BCUT2D eigenvalue weighted by Crippen LogP contribution is -2.55. The van der Waals surface area contributed by atoms with Crippen molar-refractivity contribution in [2.24, 2.45) is 13.0 Å². The van der Waals surface area contributed by atoms with Crippen molar-refractivity contribution in [1.29, 1.82) is 0 Å². The van der Waals surface area contributed by atoms with Crippen molar-refractivity contribution in [2.45, 2.75) is 59.0 Å². The highest BCUT2D eigenvalue weighted by Gasteiger charge is 2.38. The van der Waals surface area contributed by atoms with Crippen molar-refractivity contribution in [1.82, 2.24) is 20.1 Å². The average Bonchev–Trinajstić information content (AvgIpc) is 3.12. The molecule has 0 bridgehead atoms. The van der Waals surface area contributed by atoms with Gasteiger partial charge in [-0.1, -0.05) is 52.0 Å². The number of likely N-dealkylation sites (N-methyl/N-ethyl adjacent to an activating group) is 2. The molecule has 0 aliphatic rings. The molecular weight excluding hydrogens is 428 g/mol. The number of hydrogen-bond donors (Lipinski definition) is 2. The van der Waals surface area contributed by atoms with E-state index in [0.717, 1.165) is 16.5 Å². The van der Waals surface area contributed by atoms with Crippen LogP contribution in [0.3, 0.4) is 0 Å². The zero-order chi connectivity index (χ0) is 25.8. The van der Waals surface area contributed by atoms with E-state index < -0.39 is 11.5 Å². The molecule has 34 heavy (non-hydrogen) atoms. The molecule has 0 fully saturated rings. The van der Waals surface area contributed by atoms with Crippen molar-refractivity contribution >= 4 is 28.5 Å². The second kappa shape index (κ2) is 11.0. The molecule has 186 valence electrons. The van der Waals surface area contributed by atoms with E-state index in [1.165, 1.54) is 6.92 Å². The highest BCUT2D eigenvalue weighted by Crippen LogP contribution is 2.34. The van der Waals surface area contributed by atoms with Crippen LogP contribution in [0.15, 0.2) is 42.1 Å². The van der Waals surface area contributed by atoms with Crippen molar-refractivity contribution < 1.29 is 14.4 Å². The third kappa shape index (κ3) is 5.76. The minimum atomic E-state index is -0.544. The summed E-state index contributed by atoms with van der Waals surface area (Å²) in [6.07, 6.45) is 3.89. The number of carbonyl (C=O) groups excluding carboxylic acids is 3. The number of nitrogens with one attached hydrogen (secondary N) is 2. The molecule has 7 nitrogen and oxygen atoms in total. The summed E-state index contributed by atoms with van der Waals surface area (Å²) >= 11 is 0. The molecule has 1 aromatic heterocycles. The number of rotatable bonds is 10. The maximum Gasteiger partial charge on any atom is 0.242 e. The van der Waals surface area contributed by atoms with Crippen molar-refractivity contribution in [3.8, 4) is 0 Å². The normalized spacial score (nSPS) is 14.2. The molecule has 0 aliphatic carbocycles. The van der Waals surface area contributed by atoms with E-state index in [9.17, 15) is 14.4 Å². The Bertz CT molecular complexity index is 1080. The molecule has 0 radical (unpaired) electrons. The van der Waals surface area contributed by atoms with E-state index in [2.05, 4.69) is 33.5 Å². The highest BCUT2D eigenvalue weighted by atomic mass is 16.2. The van der Waals surface area contributed by atoms with Crippen LogP contribution < -0.4 is 10.6 Å². The number of Topliss-reactive ketones (excluding diaryl/α,β-unsaturated/α-hetero) is 1. The maximum absolute atomic E-state index is 13.2. The molecule has 0 aliphatic heterocycles. The second-order valence-electron chi connectivity index (χ2n) is 9.98. The van der Waals surface area contributed by atoms with Gasteiger partial charge in [0.2, 0.25) is 11.8 Å². The minimum absolute atomic E-state index is 0.0210. The van der Waals surface area contributed by atoms with E-state index in [1.807, 2.05) is 53.0 Å². The third-order valence-electron chi connectivity index (χ3n) is 6.78. The number of para-hydroxylation sites is 1. The number of benzene rings is 1. The zero-order valence-electron chi connectivity index (χ0n) is 22.0. The lowest BCUT2D eigenvalue weighted by molar-refractivity contribution is -0.134. The van der Waals surface area contributed by atoms with Gasteiger partial charge in [0.1, 0.15) is 0 Å². The van der Waals surface area contributed by atoms with Gasteiger partial charge in [0.05, 0.1) is 18.6 Å². The number of allylic oxidation sites excluding steroid dienone is 1. The van der Waals surface area contributed by atoms with Crippen LogP contribution in [0, 0.1) is 5.92 Å². The number of ketones is 1. The SMILES string of the molecule is CNC(C(=O)NCC(=O)N(C)C(/C=C(\C)C(C)=O)C(C)C)C(C)(C)c1cn(C)c2ccccc12. The zero-order valence-corrected chi connectivity index (χ0v) is 22.0. The predicted molar refractivity (Wildman–Crippen MR) is 138 cm³/mol. The monoisotopic (exact) mass is 468 g/mol. The van der Waals surface area contributed by atoms with Gasteiger partial charge in [0.25, 0.3) is 0 Å². The molecule has 1 aromatic carbocycles. The summed E-state index contributed by atoms with van der Waals surface area (Å²) in [5.74, 6) is -0.349. The summed E-state index contributed by atoms with van der Waals surface area (Å²) in [7, 11) is 5.46. The summed E-state index contributed by atoms with van der Waals surface area (Å²) < 4.78 is 2.07. The molecular formula is C27H40N4O3. The first-order chi connectivity index (χ1) is 15.8. The predicted octanol–water partition coefficient (Wildman–Crippen LogP) is 3.18. The number of aromatic nitrogens is 1. The van der Waals surface area contributed by atoms with Gasteiger partial charge in [-0.2, -0.15) is 0 Å². The number of carbonyl (C=O) groups is 3. The van der Waals surface area contributed by atoms with Gasteiger partial charge < -0.3 is 20.1 Å². The van der Waals surface area contributed by atoms with Gasteiger partial charge >= 0.3 is 0 Å². The molecule has 2 N–H and O–H groups in total. The largest absolute Gasteiger partial charge is 0.350 e. The Morgan fingerprint density at radius 2 is 1.76 bits per heavy atom. The van der Waals surface area contributed by atoms with E-state index in [4.69, 9.17) is 0 Å². The van der Waals surface area contributed by atoms with Crippen molar-refractivity contribution in [3.05, 3.63) is 47.7 Å². The van der Waals surface area contributed by atoms with Crippen molar-refractivity contribution in [3.63, 3.8) is 0 Å². The fourth-order valence-corrected chi connectivity index (χ4v) is 4.51. The van der Waals surface area contributed by atoms with Crippen molar-refractivity contribution in [2.75, 3.05) is 20.6 Å².